The molecule has 0 bridgehead atoms. The third-order valence-corrected chi connectivity index (χ3v) is 5.49. The zero-order chi connectivity index (χ0) is 25.8. The molecule has 0 aliphatic carbocycles. The number of aryl methyl sites for hydroxylation is 2. The van der Waals surface area contributed by atoms with Crippen LogP contribution in [0.25, 0.3) is 6.08 Å². The Morgan fingerprint density at radius 2 is 1.72 bits per heavy atom. The fraction of sp³-hybridized carbons (Fsp3) is 0.143. The summed E-state index contributed by atoms with van der Waals surface area (Å²) in [5.74, 6) is -1.63. The molecule has 3 aromatic carbocycles. The van der Waals surface area contributed by atoms with Gasteiger partial charge in [0.15, 0.2) is 11.5 Å². The van der Waals surface area contributed by atoms with E-state index in [-0.39, 0.29) is 17.1 Å². The number of benzene rings is 3. The van der Waals surface area contributed by atoms with Crippen LogP contribution in [0.2, 0.25) is 0 Å². The Morgan fingerprint density at radius 1 is 0.944 bits per heavy atom. The van der Waals surface area contributed by atoms with Crippen molar-refractivity contribution < 1.29 is 28.7 Å². The Kier molecular flexibility index (Phi) is 6.96. The molecule has 182 valence electrons. The summed E-state index contributed by atoms with van der Waals surface area (Å²) in [7, 11) is 0. The van der Waals surface area contributed by atoms with Crippen molar-refractivity contribution in [3.05, 3.63) is 94.6 Å². The summed E-state index contributed by atoms with van der Waals surface area (Å²) in [6, 6.07) is 17.8. The molecule has 1 fully saturated rings. The summed E-state index contributed by atoms with van der Waals surface area (Å²) in [5.41, 5.74) is 2.63. The van der Waals surface area contributed by atoms with Crippen molar-refractivity contribution in [3.63, 3.8) is 0 Å². The maximum absolute atomic E-state index is 13.2. The number of barbiturate groups is 1. The number of hydrogen-bond donors (Lipinski definition) is 1. The number of carbonyl (C=O) groups excluding carboxylic acids is 4. The van der Waals surface area contributed by atoms with Gasteiger partial charge in [-0.05, 0) is 68.3 Å². The number of rotatable bonds is 6. The van der Waals surface area contributed by atoms with Gasteiger partial charge in [-0.15, -0.1) is 0 Å². The van der Waals surface area contributed by atoms with E-state index in [2.05, 4.69) is 5.32 Å². The Bertz CT molecular complexity index is 1410. The Balaban J connectivity index is 1.65. The first-order valence-electron chi connectivity index (χ1n) is 11.3. The van der Waals surface area contributed by atoms with Crippen molar-refractivity contribution in [2.45, 2.75) is 20.8 Å². The van der Waals surface area contributed by atoms with Crippen LogP contribution >= 0.6 is 0 Å². The minimum Gasteiger partial charge on any atom is -0.490 e. The van der Waals surface area contributed by atoms with E-state index < -0.39 is 23.8 Å². The van der Waals surface area contributed by atoms with Gasteiger partial charge in [-0.1, -0.05) is 42.0 Å². The van der Waals surface area contributed by atoms with Crippen LogP contribution in [-0.4, -0.2) is 30.4 Å². The van der Waals surface area contributed by atoms with Crippen LogP contribution < -0.4 is 19.7 Å². The van der Waals surface area contributed by atoms with Crippen LogP contribution in [0.3, 0.4) is 0 Å². The molecule has 36 heavy (non-hydrogen) atoms. The lowest BCUT2D eigenvalue weighted by Crippen LogP contribution is -2.54. The molecule has 1 aliphatic rings. The highest BCUT2D eigenvalue weighted by molar-refractivity contribution is 6.39. The maximum Gasteiger partial charge on any atom is 0.343 e. The fourth-order valence-corrected chi connectivity index (χ4v) is 3.76. The number of imide groups is 2. The molecule has 4 amide bonds. The highest BCUT2D eigenvalue weighted by Crippen LogP contribution is 2.31. The van der Waals surface area contributed by atoms with Gasteiger partial charge in [0, 0.05) is 0 Å². The van der Waals surface area contributed by atoms with Gasteiger partial charge in [0.2, 0.25) is 0 Å². The molecule has 1 saturated heterocycles. The molecule has 0 atom stereocenters. The van der Waals surface area contributed by atoms with Crippen molar-refractivity contribution in [2.75, 3.05) is 11.5 Å². The second kappa shape index (κ2) is 10.3. The van der Waals surface area contributed by atoms with Crippen molar-refractivity contribution >= 4 is 35.6 Å². The number of amides is 4. The number of urea groups is 1. The average Bonchev–Trinajstić information content (AvgIpc) is 2.84. The lowest BCUT2D eigenvalue weighted by Gasteiger charge is -2.27. The number of carbonyl (C=O) groups is 4. The Labute approximate surface area is 208 Å². The quantitative estimate of drug-likeness (QED) is 0.238. The van der Waals surface area contributed by atoms with Gasteiger partial charge in [-0.3, -0.25) is 14.9 Å². The molecule has 8 heteroatoms. The molecule has 1 N–H and O–H groups in total. The molecular weight excluding hydrogens is 460 g/mol. The summed E-state index contributed by atoms with van der Waals surface area (Å²) in [6.45, 7) is 5.72. The van der Waals surface area contributed by atoms with Crippen LogP contribution in [-0.2, 0) is 9.59 Å². The summed E-state index contributed by atoms with van der Waals surface area (Å²) >= 11 is 0. The molecule has 0 radical (unpaired) electrons. The number of anilines is 1. The van der Waals surface area contributed by atoms with Gasteiger partial charge in [0.25, 0.3) is 11.8 Å². The van der Waals surface area contributed by atoms with Crippen molar-refractivity contribution in [1.29, 1.82) is 0 Å². The maximum atomic E-state index is 13.2. The number of nitrogens with zero attached hydrogens (tertiary/aromatic N) is 1. The fourth-order valence-electron chi connectivity index (χ4n) is 3.76. The molecule has 1 heterocycles. The first kappa shape index (κ1) is 24.4. The van der Waals surface area contributed by atoms with Gasteiger partial charge >= 0.3 is 12.0 Å². The van der Waals surface area contributed by atoms with Crippen molar-refractivity contribution in [2.24, 2.45) is 0 Å². The van der Waals surface area contributed by atoms with E-state index in [1.165, 1.54) is 12.1 Å². The number of para-hydroxylation sites is 1. The molecule has 0 aromatic heterocycles. The summed E-state index contributed by atoms with van der Waals surface area (Å²) in [6.07, 6.45) is 1.37. The van der Waals surface area contributed by atoms with Crippen molar-refractivity contribution in [3.8, 4) is 11.5 Å². The van der Waals surface area contributed by atoms with E-state index in [9.17, 15) is 19.2 Å². The van der Waals surface area contributed by atoms with E-state index in [0.717, 1.165) is 10.5 Å². The minimum absolute atomic E-state index is 0.196. The number of ether oxygens (including phenoxy) is 2. The molecule has 0 saturated carbocycles. The van der Waals surface area contributed by atoms with E-state index >= 15 is 0 Å². The van der Waals surface area contributed by atoms with Crippen molar-refractivity contribution in [1.82, 2.24) is 5.32 Å². The third-order valence-electron chi connectivity index (χ3n) is 5.49. The molecule has 4 rings (SSSR count). The SMILES string of the molecule is CCOc1cc(/C=C2\C(=O)NC(=O)N(c3ccccc3C)C2=O)ccc1OC(=O)c1cccc(C)c1. The zero-order valence-electron chi connectivity index (χ0n) is 20.0. The van der Waals surface area contributed by atoms with Gasteiger partial charge in [-0.25, -0.2) is 14.5 Å². The van der Waals surface area contributed by atoms with Crippen LogP contribution in [0, 0.1) is 13.8 Å². The molecule has 0 unspecified atom stereocenters. The third kappa shape index (κ3) is 5.02. The van der Waals surface area contributed by atoms with Crippen LogP contribution in [0.1, 0.15) is 34.0 Å². The second-order valence-electron chi connectivity index (χ2n) is 8.14. The minimum atomic E-state index is -0.815. The smallest absolute Gasteiger partial charge is 0.343 e. The first-order valence-corrected chi connectivity index (χ1v) is 11.3. The van der Waals surface area contributed by atoms with Gasteiger partial charge in [0.05, 0.1) is 17.9 Å². The molecular formula is C28H24N2O6. The predicted molar refractivity (Wildman–Crippen MR) is 134 cm³/mol. The second-order valence-corrected chi connectivity index (χ2v) is 8.14. The highest BCUT2D eigenvalue weighted by Gasteiger charge is 2.37. The Morgan fingerprint density at radius 3 is 2.44 bits per heavy atom. The van der Waals surface area contributed by atoms with Crippen LogP contribution in [0.15, 0.2) is 72.3 Å². The molecule has 0 spiro atoms. The normalized spacial score (nSPS) is 14.6. The van der Waals surface area contributed by atoms with Gasteiger partial charge in [0.1, 0.15) is 5.57 Å². The lowest BCUT2D eigenvalue weighted by molar-refractivity contribution is -0.122. The van der Waals surface area contributed by atoms with E-state index in [0.29, 0.717) is 29.0 Å². The van der Waals surface area contributed by atoms with E-state index in [1.807, 2.05) is 13.0 Å². The number of hydrogen-bond acceptors (Lipinski definition) is 6. The standard InChI is InChI=1S/C28H24N2O6/c1-4-35-24-16-19(12-13-23(24)36-27(33)20-10-7-8-17(2)14-20)15-21-25(31)29-28(34)30(26(21)32)22-11-6-5-9-18(22)3/h5-16H,4H2,1-3H3,(H,29,31,34)/b21-15+. The van der Waals surface area contributed by atoms with Crippen LogP contribution in [0.5, 0.6) is 11.5 Å². The Hall–Kier alpha value is -4.72. The summed E-state index contributed by atoms with van der Waals surface area (Å²) < 4.78 is 11.2. The monoisotopic (exact) mass is 484 g/mol. The van der Waals surface area contributed by atoms with E-state index in [1.54, 1.807) is 68.4 Å². The zero-order valence-corrected chi connectivity index (χ0v) is 20.0. The molecule has 3 aromatic rings. The van der Waals surface area contributed by atoms with Gasteiger partial charge < -0.3 is 9.47 Å². The number of nitrogens with one attached hydrogen (secondary N) is 1. The average molecular weight is 485 g/mol. The predicted octanol–water partition coefficient (Wildman–Crippen LogP) is 4.59. The molecule has 8 nitrogen and oxygen atoms in total. The number of esters is 1. The highest BCUT2D eigenvalue weighted by atomic mass is 16.6. The van der Waals surface area contributed by atoms with E-state index in [4.69, 9.17) is 9.47 Å². The lowest BCUT2D eigenvalue weighted by atomic mass is 10.1. The molecule has 1 aliphatic heterocycles. The summed E-state index contributed by atoms with van der Waals surface area (Å²) in [4.78, 5) is 51.7. The topological polar surface area (TPSA) is 102 Å². The summed E-state index contributed by atoms with van der Waals surface area (Å²) in [5, 5.41) is 2.21. The first-order chi connectivity index (χ1) is 17.3. The largest absolute Gasteiger partial charge is 0.490 e. The van der Waals surface area contributed by atoms with Crippen LogP contribution in [0.4, 0.5) is 10.5 Å². The van der Waals surface area contributed by atoms with Gasteiger partial charge in [-0.2, -0.15) is 0 Å².